The van der Waals surface area contributed by atoms with E-state index in [4.69, 9.17) is 4.98 Å². The van der Waals surface area contributed by atoms with E-state index in [-0.39, 0.29) is 5.56 Å². The third-order valence-corrected chi connectivity index (χ3v) is 8.24. The minimum atomic E-state index is 0.102. The first-order valence-corrected chi connectivity index (χ1v) is 12.9. The lowest BCUT2D eigenvalue weighted by Gasteiger charge is -2.30. The molecule has 32 heavy (non-hydrogen) atoms. The Morgan fingerprint density at radius 1 is 1.03 bits per heavy atom. The SMILES string of the molecule is CC(C)N1CCc2c(sc3nc(SCc4ccccc4)n(Cc4ccccc4)c(=O)c23)C1. The number of rotatable bonds is 6. The number of benzene rings is 2. The lowest BCUT2D eigenvalue weighted by molar-refractivity contribution is 0.206. The maximum Gasteiger partial charge on any atom is 0.263 e. The van der Waals surface area contributed by atoms with Crippen LogP contribution in [0.25, 0.3) is 10.2 Å². The molecule has 3 heterocycles. The molecule has 0 bridgehead atoms. The van der Waals surface area contributed by atoms with E-state index in [0.717, 1.165) is 46.2 Å². The highest BCUT2D eigenvalue weighted by Crippen LogP contribution is 2.34. The summed E-state index contributed by atoms with van der Waals surface area (Å²) in [6.45, 7) is 6.93. The van der Waals surface area contributed by atoms with Crippen LogP contribution in [0.3, 0.4) is 0 Å². The van der Waals surface area contributed by atoms with Gasteiger partial charge in [0.15, 0.2) is 5.16 Å². The molecule has 0 fully saturated rings. The number of nitrogens with zero attached hydrogens (tertiary/aromatic N) is 3. The third-order valence-electron chi connectivity index (χ3n) is 6.08. The van der Waals surface area contributed by atoms with Gasteiger partial charge >= 0.3 is 0 Å². The quantitative estimate of drug-likeness (QED) is 0.278. The molecule has 5 rings (SSSR count). The highest BCUT2D eigenvalue weighted by Gasteiger charge is 2.26. The van der Waals surface area contributed by atoms with Crippen LogP contribution >= 0.6 is 23.1 Å². The van der Waals surface area contributed by atoms with E-state index in [0.29, 0.717) is 12.6 Å². The third kappa shape index (κ3) is 4.27. The van der Waals surface area contributed by atoms with Gasteiger partial charge in [0.1, 0.15) is 4.83 Å². The molecule has 6 heteroatoms. The monoisotopic (exact) mass is 461 g/mol. The van der Waals surface area contributed by atoms with Crippen LogP contribution in [0.4, 0.5) is 0 Å². The Kier molecular flexibility index (Phi) is 6.17. The summed E-state index contributed by atoms with van der Waals surface area (Å²) in [6.07, 6.45) is 0.923. The Hall–Kier alpha value is -2.41. The average Bonchev–Trinajstić information content (AvgIpc) is 3.19. The number of hydrogen-bond acceptors (Lipinski definition) is 5. The molecule has 2 aromatic heterocycles. The van der Waals surface area contributed by atoms with Gasteiger partial charge in [-0.15, -0.1) is 11.3 Å². The lowest BCUT2D eigenvalue weighted by atomic mass is 10.0. The number of aromatic nitrogens is 2. The van der Waals surface area contributed by atoms with Crippen molar-refractivity contribution >= 4 is 33.3 Å². The molecule has 0 spiro atoms. The van der Waals surface area contributed by atoms with Gasteiger partial charge in [-0.1, -0.05) is 72.4 Å². The number of thiophene rings is 1. The van der Waals surface area contributed by atoms with Gasteiger partial charge in [0.05, 0.1) is 11.9 Å². The number of fused-ring (bicyclic) bond motifs is 3. The zero-order chi connectivity index (χ0) is 22.1. The summed E-state index contributed by atoms with van der Waals surface area (Å²) in [7, 11) is 0. The molecule has 0 saturated heterocycles. The summed E-state index contributed by atoms with van der Waals surface area (Å²) >= 11 is 3.35. The van der Waals surface area contributed by atoms with Crippen LogP contribution in [-0.2, 0) is 25.3 Å². The van der Waals surface area contributed by atoms with Gasteiger partial charge in [-0.3, -0.25) is 14.3 Å². The Morgan fingerprint density at radius 3 is 2.41 bits per heavy atom. The molecule has 4 nitrogen and oxygen atoms in total. The van der Waals surface area contributed by atoms with Crippen molar-refractivity contribution in [1.82, 2.24) is 14.5 Å². The van der Waals surface area contributed by atoms with Crippen molar-refractivity contribution in [3.63, 3.8) is 0 Å². The van der Waals surface area contributed by atoms with Crippen LogP contribution in [0, 0.1) is 0 Å². The van der Waals surface area contributed by atoms with Gasteiger partial charge in [-0.2, -0.15) is 0 Å². The minimum Gasteiger partial charge on any atom is -0.296 e. The van der Waals surface area contributed by atoms with Gasteiger partial charge in [0.2, 0.25) is 0 Å². The Bertz CT molecular complexity index is 1280. The molecule has 0 amide bonds. The normalized spacial score (nSPS) is 14.2. The van der Waals surface area contributed by atoms with Crippen molar-refractivity contribution in [2.45, 2.75) is 50.3 Å². The zero-order valence-electron chi connectivity index (χ0n) is 18.5. The van der Waals surface area contributed by atoms with E-state index in [2.05, 4.69) is 55.1 Å². The number of thioether (sulfide) groups is 1. The summed E-state index contributed by atoms with van der Waals surface area (Å²) in [5, 5.41) is 1.64. The molecule has 2 aromatic carbocycles. The van der Waals surface area contributed by atoms with Crippen LogP contribution in [0.5, 0.6) is 0 Å². The predicted molar refractivity (Wildman–Crippen MR) is 135 cm³/mol. The lowest BCUT2D eigenvalue weighted by Crippen LogP contribution is -2.35. The average molecular weight is 462 g/mol. The standard InChI is InChI=1S/C26H27N3OS2/c1-18(2)28-14-13-21-22(16-28)32-24-23(21)25(30)29(15-19-9-5-3-6-10-19)26(27-24)31-17-20-11-7-4-8-12-20/h3-12,18H,13-17H2,1-2H3. The van der Waals surface area contributed by atoms with Crippen LogP contribution in [0.1, 0.15) is 35.4 Å². The van der Waals surface area contributed by atoms with Gasteiger partial charge in [-0.05, 0) is 37.0 Å². The Balaban J connectivity index is 1.58. The molecule has 1 aliphatic heterocycles. The Labute approximate surface area is 196 Å². The summed E-state index contributed by atoms with van der Waals surface area (Å²) in [6, 6.07) is 21.1. The fourth-order valence-corrected chi connectivity index (χ4v) is 6.50. The molecule has 4 aromatic rings. The fraction of sp³-hybridized carbons (Fsp3) is 0.308. The molecule has 0 unspecified atom stereocenters. The van der Waals surface area contributed by atoms with Gasteiger partial charge in [0.25, 0.3) is 5.56 Å². The van der Waals surface area contributed by atoms with E-state index in [9.17, 15) is 4.79 Å². The summed E-state index contributed by atoms with van der Waals surface area (Å²) in [5.74, 6) is 0.791. The van der Waals surface area contributed by atoms with E-state index in [1.54, 1.807) is 23.1 Å². The van der Waals surface area contributed by atoms with Crippen molar-refractivity contribution in [3.05, 3.63) is 92.6 Å². The van der Waals surface area contributed by atoms with Gasteiger partial charge in [0, 0.05) is 29.8 Å². The van der Waals surface area contributed by atoms with Crippen molar-refractivity contribution < 1.29 is 0 Å². The van der Waals surface area contributed by atoms with Crippen LogP contribution < -0.4 is 5.56 Å². The Morgan fingerprint density at radius 2 is 1.72 bits per heavy atom. The molecule has 1 aliphatic rings. The van der Waals surface area contributed by atoms with E-state index >= 15 is 0 Å². The van der Waals surface area contributed by atoms with E-state index in [1.807, 2.05) is 28.8 Å². The summed E-state index contributed by atoms with van der Waals surface area (Å²) in [5.41, 5.74) is 3.68. The second-order valence-electron chi connectivity index (χ2n) is 8.54. The van der Waals surface area contributed by atoms with E-state index in [1.165, 1.54) is 16.0 Å². The van der Waals surface area contributed by atoms with Crippen molar-refractivity contribution in [3.8, 4) is 0 Å². The molecule has 0 saturated carbocycles. The maximum absolute atomic E-state index is 13.8. The smallest absolute Gasteiger partial charge is 0.263 e. The van der Waals surface area contributed by atoms with Crippen molar-refractivity contribution in [1.29, 1.82) is 0 Å². The second kappa shape index (κ2) is 9.22. The molecule has 164 valence electrons. The highest BCUT2D eigenvalue weighted by molar-refractivity contribution is 7.98. The number of hydrogen-bond donors (Lipinski definition) is 0. The molecule has 0 atom stereocenters. The molecular formula is C26H27N3OS2. The predicted octanol–water partition coefficient (Wildman–Crippen LogP) is 5.57. The first-order chi connectivity index (χ1) is 15.6. The minimum absolute atomic E-state index is 0.102. The summed E-state index contributed by atoms with van der Waals surface area (Å²) in [4.78, 5) is 23.5. The molecule has 0 radical (unpaired) electrons. The van der Waals surface area contributed by atoms with Gasteiger partial charge in [-0.25, -0.2) is 4.98 Å². The van der Waals surface area contributed by atoms with Crippen LogP contribution in [0.15, 0.2) is 70.6 Å². The van der Waals surface area contributed by atoms with Crippen molar-refractivity contribution in [2.75, 3.05) is 6.54 Å². The van der Waals surface area contributed by atoms with Crippen molar-refractivity contribution in [2.24, 2.45) is 0 Å². The van der Waals surface area contributed by atoms with Crippen LogP contribution in [-0.4, -0.2) is 27.0 Å². The van der Waals surface area contributed by atoms with E-state index < -0.39 is 0 Å². The molecule has 0 aliphatic carbocycles. The topological polar surface area (TPSA) is 38.1 Å². The highest BCUT2D eigenvalue weighted by atomic mass is 32.2. The maximum atomic E-state index is 13.8. The largest absolute Gasteiger partial charge is 0.296 e. The first kappa shape index (κ1) is 21.4. The molecule has 0 N–H and O–H groups in total. The van der Waals surface area contributed by atoms with Gasteiger partial charge < -0.3 is 0 Å². The second-order valence-corrected chi connectivity index (χ2v) is 10.6. The fourth-order valence-electron chi connectivity index (χ4n) is 4.26. The summed E-state index contributed by atoms with van der Waals surface area (Å²) < 4.78 is 1.88. The first-order valence-electron chi connectivity index (χ1n) is 11.1. The zero-order valence-corrected chi connectivity index (χ0v) is 20.1. The van der Waals surface area contributed by atoms with Crippen LogP contribution in [0.2, 0.25) is 0 Å². The molecular weight excluding hydrogens is 434 g/mol.